The van der Waals surface area contributed by atoms with Crippen molar-refractivity contribution in [3.63, 3.8) is 0 Å². The zero-order chi connectivity index (χ0) is 10.4. The predicted molar refractivity (Wildman–Crippen MR) is 56.0 cm³/mol. The maximum absolute atomic E-state index is 11.1. The molecule has 0 aliphatic carbocycles. The van der Waals surface area contributed by atoms with Crippen LogP contribution in [0.1, 0.15) is 32.6 Å². The van der Waals surface area contributed by atoms with Crippen LogP contribution < -0.4 is 5.32 Å². The molecule has 1 fully saturated rings. The molecule has 14 heavy (non-hydrogen) atoms. The first kappa shape index (κ1) is 11.2. The number of carbonyl (C=O) groups is 1. The second kappa shape index (κ2) is 5.81. The Hall–Kier alpha value is -0.830. The Morgan fingerprint density at radius 1 is 1.71 bits per heavy atom. The maximum atomic E-state index is 11.1. The van der Waals surface area contributed by atoms with Crippen LogP contribution in [0.25, 0.3) is 0 Å². The van der Waals surface area contributed by atoms with Gasteiger partial charge in [-0.2, -0.15) is 0 Å². The normalized spacial score (nSPS) is 23.9. The highest BCUT2D eigenvalue weighted by Gasteiger charge is 2.23. The van der Waals surface area contributed by atoms with Gasteiger partial charge in [0.1, 0.15) is 0 Å². The molecule has 80 valence electrons. The van der Waals surface area contributed by atoms with E-state index >= 15 is 0 Å². The molecule has 2 unspecified atom stereocenters. The van der Waals surface area contributed by atoms with Crippen LogP contribution >= 0.6 is 0 Å². The van der Waals surface area contributed by atoms with E-state index in [2.05, 4.69) is 18.8 Å². The van der Waals surface area contributed by atoms with E-state index in [1.165, 1.54) is 12.5 Å². The van der Waals surface area contributed by atoms with Crippen LogP contribution in [-0.4, -0.2) is 24.7 Å². The quantitative estimate of drug-likeness (QED) is 0.696. The second-order valence-corrected chi connectivity index (χ2v) is 3.63. The van der Waals surface area contributed by atoms with Crippen LogP contribution in [-0.2, 0) is 9.53 Å². The number of rotatable bonds is 4. The lowest BCUT2D eigenvalue weighted by molar-refractivity contribution is -0.118. The van der Waals surface area contributed by atoms with E-state index in [0.29, 0.717) is 0 Å². The Labute approximate surface area is 85.5 Å². The lowest BCUT2D eigenvalue weighted by Gasteiger charge is -2.30. The van der Waals surface area contributed by atoms with Gasteiger partial charge in [-0.15, -0.1) is 0 Å². The number of carbonyl (C=O) groups excluding carboxylic acids is 1. The Balaban J connectivity index is 2.42. The fraction of sp³-hybridized carbons (Fsp3) is 0.727. The van der Waals surface area contributed by atoms with E-state index in [1.807, 2.05) is 0 Å². The summed E-state index contributed by atoms with van der Waals surface area (Å²) in [6.07, 6.45) is 5.80. The van der Waals surface area contributed by atoms with Crippen LogP contribution in [0.2, 0.25) is 0 Å². The van der Waals surface area contributed by atoms with E-state index in [0.717, 1.165) is 25.9 Å². The molecule has 3 nitrogen and oxygen atoms in total. The largest absolute Gasteiger partial charge is 0.376 e. The van der Waals surface area contributed by atoms with Gasteiger partial charge < -0.3 is 10.1 Å². The van der Waals surface area contributed by atoms with Crippen molar-refractivity contribution in [2.75, 3.05) is 6.61 Å². The fourth-order valence-electron chi connectivity index (χ4n) is 1.78. The van der Waals surface area contributed by atoms with E-state index in [9.17, 15) is 4.79 Å². The molecule has 1 N–H and O–H groups in total. The van der Waals surface area contributed by atoms with E-state index in [1.54, 1.807) is 0 Å². The molecule has 0 saturated carbocycles. The van der Waals surface area contributed by atoms with Crippen molar-refractivity contribution in [3.05, 3.63) is 12.7 Å². The molecule has 1 aliphatic heterocycles. The highest BCUT2D eigenvalue weighted by Crippen LogP contribution is 2.17. The van der Waals surface area contributed by atoms with Gasteiger partial charge in [0.2, 0.25) is 5.91 Å². The maximum Gasteiger partial charge on any atom is 0.243 e. The van der Waals surface area contributed by atoms with E-state index in [4.69, 9.17) is 4.74 Å². The Bertz CT molecular complexity index is 197. The van der Waals surface area contributed by atoms with Gasteiger partial charge in [0.15, 0.2) is 0 Å². The number of hydrogen-bond acceptors (Lipinski definition) is 2. The molecule has 1 saturated heterocycles. The zero-order valence-electron chi connectivity index (χ0n) is 8.79. The first-order chi connectivity index (χ1) is 6.77. The molecule has 1 heterocycles. The number of hydrogen-bond donors (Lipinski definition) is 1. The van der Waals surface area contributed by atoms with Crippen molar-refractivity contribution in [1.29, 1.82) is 0 Å². The first-order valence-electron chi connectivity index (χ1n) is 5.32. The topological polar surface area (TPSA) is 38.3 Å². The zero-order valence-corrected chi connectivity index (χ0v) is 8.79. The molecule has 0 spiro atoms. The fourth-order valence-corrected chi connectivity index (χ4v) is 1.78. The van der Waals surface area contributed by atoms with Gasteiger partial charge in [-0.05, 0) is 31.8 Å². The molecule has 2 atom stereocenters. The van der Waals surface area contributed by atoms with Gasteiger partial charge in [-0.1, -0.05) is 13.5 Å². The highest BCUT2D eigenvalue weighted by atomic mass is 16.5. The molecule has 0 aromatic heterocycles. The van der Waals surface area contributed by atoms with Crippen LogP contribution in [0.4, 0.5) is 0 Å². The average Bonchev–Trinajstić information content (AvgIpc) is 2.26. The summed E-state index contributed by atoms with van der Waals surface area (Å²) in [5, 5.41) is 2.90. The van der Waals surface area contributed by atoms with Crippen molar-refractivity contribution in [2.45, 2.75) is 44.8 Å². The third-order valence-corrected chi connectivity index (χ3v) is 2.62. The smallest absolute Gasteiger partial charge is 0.243 e. The van der Waals surface area contributed by atoms with Crippen molar-refractivity contribution in [2.24, 2.45) is 0 Å². The number of nitrogens with one attached hydrogen (secondary N) is 1. The summed E-state index contributed by atoms with van der Waals surface area (Å²) in [5.41, 5.74) is 0. The van der Waals surface area contributed by atoms with Gasteiger partial charge in [0.05, 0.1) is 12.1 Å². The first-order valence-corrected chi connectivity index (χ1v) is 5.32. The molecule has 1 aliphatic rings. The van der Waals surface area contributed by atoms with Crippen LogP contribution in [0.5, 0.6) is 0 Å². The molecule has 3 heteroatoms. The summed E-state index contributed by atoms with van der Waals surface area (Å²) < 4.78 is 5.63. The minimum absolute atomic E-state index is 0.106. The van der Waals surface area contributed by atoms with E-state index in [-0.39, 0.29) is 18.1 Å². The third kappa shape index (κ3) is 3.14. The second-order valence-electron chi connectivity index (χ2n) is 3.63. The summed E-state index contributed by atoms with van der Waals surface area (Å²) in [6.45, 7) is 6.33. The van der Waals surface area contributed by atoms with Crippen molar-refractivity contribution < 1.29 is 9.53 Å². The molecule has 1 amide bonds. The van der Waals surface area contributed by atoms with Gasteiger partial charge in [0, 0.05) is 6.61 Å². The summed E-state index contributed by atoms with van der Waals surface area (Å²) in [4.78, 5) is 11.1. The summed E-state index contributed by atoms with van der Waals surface area (Å²) in [6, 6.07) is 0.140. The standard InChI is InChI=1S/C11H19NO2/c1-3-9(12-11(13)4-2)10-7-5-6-8-14-10/h4,9-10H,2-3,5-8H2,1H3,(H,12,13). The van der Waals surface area contributed by atoms with Gasteiger partial charge in [-0.25, -0.2) is 0 Å². The highest BCUT2D eigenvalue weighted by molar-refractivity contribution is 5.87. The Kier molecular flexibility index (Phi) is 4.66. The minimum Gasteiger partial charge on any atom is -0.376 e. The van der Waals surface area contributed by atoms with Crippen LogP contribution in [0.3, 0.4) is 0 Å². The van der Waals surface area contributed by atoms with Gasteiger partial charge in [-0.3, -0.25) is 4.79 Å². The molecular formula is C11H19NO2. The van der Waals surface area contributed by atoms with Gasteiger partial charge in [0.25, 0.3) is 0 Å². The van der Waals surface area contributed by atoms with Gasteiger partial charge >= 0.3 is 0 Å². The summed E-state index contributed by atoms with van der Waals surface area (Å²) in [5.74, 6) is -0.106. The molecule has 0 bridgehead atoms. The molecule has 0 aromatic rings. The van der Waals surface area contributed by atoms with Crippen LogP contribution in [0.15, 0.2) is 12.7 Å². The Morgan fingerprint density at radius 2 is 2.50 bits per heavy atom. The monoisotopic (exact) mass is 197 g/mol. The summed E-state index contributed by atoms with van der Waals surface area (Å²) >= 11 is 0. The van der Waals surface area contributed by atoms with Crippen molar-refractivity contribution in [3.8, 4) is 0 Å². The predicted octanol–water partition coefficient (Wildman–Crippen LogP) is 1.64. The molecular weight excluding hydrogens is 178 g/mol. The molecule has 0 radical (unpaired) electrons. The minimum atomic E-state index is -0.106. The SMILES string of the molecule is C=CC(=O)NC(CC)C1CCCCO1. The molecule has 1 rings (SSSR count). The molecule has 0 aromatic carbocycles. The summed E-state index contributed by atoms with van der Waals surface area (Å²) in [7, 11) is 0. The third-order valence-electron chi connectivity index (χ3n) is 2.62. The average molecular weight is 197 g/mol. The lowest BCUT2D eigenvalue weighted by atomic mass is 10.00. The van der Waals surface area contributed by atoms with E-state index < -0.39 is 0 Å². The lowest BCUT2D eigenvalue weighted by Crippen LogP contribution is -2.44. The van der Waals surface area contributed by atoms with Crippen molar-refractivity contribution in [1.82, 2.24) is 5.32 Å². The van der Waals surface area contributed by atoms with Crippen LogP contribution in [0, 0.1) is 0 Å². The van der Waals surface area contributed by atoms with Crippen molar-refractivity contribution >= 4 is 5.91 Å². The Morgan fingerprint density at radius 3 is 3.00 bits per heavy atom. The number of amides is 1. The number of ether oxygens (including phenoxy) is 1.